The van der Waals surface area contributed by atoms with Crippen molar-refractivity contribution in [2.75, 3.05) is 65.4 Å². The van der Waals surface area contributed by atoms with Gasteiger partial charge in [0.1, 0.15) is 18.0 Å². The molecule has 0 amide bonds. The topological polar surface area (TPSA) is 60.5 Å². The minimum atomic E-state index is 0.263. The highest BCUT2D eigenvalue weighted by molar-refractivity contribution is 5.40. The van der Waals surface area contributed by atoms with E-state index < -0.39 is 0 Å². The van der Waals surface area contributed by atoms with Crippen LogP contribution in [-0.4, -0.2) is 85.0 Å². The van der Waals surface area contributed by atoms with E-state index in [4.69, 9.17) is 0 Å². The summed E-state index contributed by atoms with van der Waals surface area (Å²) >= 11 is 0. The molecule has 0 aliphatic carbocycles. The van der Waals surface area contributed by atoms with E-state index in [0.29, 0.717) is 0 Å². The number of hydrogen-bond acceptors (Lipinski definition) is 6. The van der Waals surface area contributed by atoms with Gasteiger partial charge in [0.05, 0.1) is 0 Å². The van der Waals surface area contributed by atoms with E-state index in [1.165, 1.54) is 0 Å². The van der Waals surface area contributed by atoms with Gasteiger partial charge < -0.3 is 9.80 Å². The molecule has 1 fully saturated rings. The summed E-state index contributed by atoms with van der Waals surface area (Å²) in [6, 6.07) is 4.26. The summed E-state index contributed by atoms with van der Waals surface area (Å²) in [4.78, 5) is 9.45. The van der Waals surface area contributed by atoms with Crippen LogP contribution in [0, 0.1) is 22.7 Å². The number of nitriles is 2. The van der Waals surface area contributed by atoms with Crippen molar-refractivity contribution in [3.63, 3.8) is 0 Å². The molecular formula is C22H32N6. The van der Waals surface area contributed by atoms with Crippen LogP contribution in [0.3, 0.4) is 0 Å². The average molecular weight is 381 g/mol. The third kappa shape index (κ3) is 5.61. The van der Waals surface area contributed by atoms with Crippen molar-refractivity contribution in [3.8, 4) is 12.1 Å². The molecule has 28 heavy (non-hydrogen) atoms. The third-order valence-electron chi connectivity index (χ3n) is 5.78. The summed E-state index contributed by atoms with van der Waals surface area (Å²) in [5.74, 6) is 0.863. The van der Waals surface area contributed by atoms with Gasteiger partial charge in [-0.3, -0.25) is 9.80 Å². The first-order valence-corrected chi connectivity index (χ1v) is 10.6. The summed E-state index contributed by atoms with van der Waals surface area (Å²) in [6.45, 7) is 10.2. The SMILES string of the molecule is N#CC(C#N)=C1N(CCCN2CC=CCC2)CCN1CCCN1CC=CCC1. The predicted octanol–water partition coefficient (Wildman–Crippen LogP) is 2.17. The van der Waals surface area contributed by atoms with Crippen molar-refractivity contribution >= 4 is 0 Å². The fraction of sp³-hybridized carbons (Fsp3) is 0.636. The molecule has 0 aromatic rings. The first kappa shape index (κ1) is 20.5. The Hall–Kier alpha value is -2.28. The summed E-state index contributed by atoms with van der Waals surface area (Å²) in [5.41, 5.74) is 0.263. The van der Waals surface area contributed by atoms with Crippen LogP contribution in [-0.2, 0) is 0 Å². The molecule has 3 aliphatic heterocycles. The van der Waals surface area contributed by atoms with E-state index in [-0.39, 0.29) is 5.57 Å². The van der Waals surface area contributed by atoms with E-state index in [9.17, 15) is 10.5 Å². The van der Waals surface area contributed by atoms with Crippen molar-refractivity contribution < 1.29 is 0 Å². The molecule has 6 heteroatoms. The monoisotopic (exact) mass is 380 g/mol. The quantitative estimate of drug-likeness (QED) is 0.475. The maximum atomic E-state index is 9.47. The van der Waals surface area contributed by atoms with Crippen molar-refractivity contribution in [1.29, 1.82) is 10.5 Å². The number of allylic oxidation sites excluding steroid dienone is 1. The molecule has 1 saturated heterocycles. The minimum absolute atomic E-state index is 0.263. The van der Waals surface area contributed by atoms with Crippen LogP contribution in [0.4, 0.5) is 0 Å². The molecule has 0 aromatic carbocycles. The fourth-order valence-corrected chi connectivity index (χ4v) is 4.29. The molecular weight excluding hydrogens is 348 g/mol. The van der Waals surface area contributed by atoms with Crippen molar-refractivity contribution in [1.82, 2.24) is 19.6 Å². The summed E-state index contributed by atoms with van der Waals surface area (Å²) in [5, 5.41) is 18.9. The Morgan fingerprint density at radius 1 is 0.714 bits per heavy atom. The zero-order valence-electron chi connectivity index (χ0n) is 16.9. The van der Waals surface area contributed by atoms with Gasteiger partial charge in [-0.1, -0.05) is 24.3 Å². The van der Waals surface area contributed by atoms with Crippen LogP contribution < -0.4 is 0 Å². The zero-order valence-corrected chi connectivity index (χ0v) is 16.9. The highest BCUT2D eigenvalue weighted by Crippen LogP contribution is 2.23. The van der Waals surface area contributed by atoms with E-state index in [0.717, 1.165) is 97.0 Å². The lowest BCUT2D eigenvalue weighted by Gasteiger charge is -2.28. The Morgan fingerprint density at radius 2 is 1.21 bits per heavy atom. The molecule has 0 radical (unpaired) electrons. The summed E-state index contributed by atoms with van der Waals surface area (Å²) in [6.07, 6.45) is 13.4. The summed E-state index contributed by atoms with van der Waals surface area (Å²) < 4.78 is 0. The van der Waals surface area contributed by atoms with Crippen LogP contribution in [0.2, 0.25) is 0 Å². The molecule has 6 nitrogen and oxygen atoms in total. The molecule has 150 valence electrons. The Balaban J connectivity index is 1.51. The number of hydrogen-bond donors (Lipinski definition) is 0. The van der Waals surface area contributed by atoms with Gasteiger partial charge in [0, 0.05) is 65.4 Å². The van der Waals surface area contributed by atoms with Crippen LogP contribution in [0.25, 0.3) is 0 Å². The van der Waals surface area contributed by atoms with Gasteiger partial charge in [0.15, 0.2) is 5.57 Å². The second kappa shape index (κ2) is 10.9. The number of rotatable bonds is 8. The van der Waals surface area contributed by atoms with Crippen molar-refractivity contribution in [2.24, 2.45) is 0 Å². The van der Waals surface area contributed by atoms with Gasteiger partial charge in [-0.15, -0.1) is 0 Å². The normalized spacial score (nSPS) is 20.4. The number of nitrogens with zero attached hydrogens (tertiary/aromatic N) is 6. The largest absolute Gasteiger partial charge is 0.355 e. The molecule has 0 saturated carbocycles. The van der Waals surface area contributed by atoms with E-state index in [2.05, 4.69) is 56.0 Å². The van der Waals surface area contributed by atoms with Gasteiger partial charge >= 0.3 is 0 Å². The first-order valence-electron chi connectivity index (χ1n) is 10.6. The van der Waals surface area contributed by atoms with Crippen LogP contribution in [0.5, 0.6) is 0 Å². The van der Waals surface area contributed by atoms with Gasteiger partial charge in [-0.05, 0) is 25.7 Å². The van der Waals surface area contributed by atoms with Crippen molar-refractivity contribution in [2.45, 2.75) is 25.7 Å². The second-order valence-electron chi connectivity index (χ2n) is 7.72. The Morgan fingerprint density at radius 3 is 1.61 bits per heavy atom. The highest BCUT2D eigenvalue weighted by atomic mass is 15.4. The third-order valence-corrected chi connectivity index (χ3v) is 5.78. The molecule has 0 bridgehead atoms. The maximum Gasteiger partial charge on any atom is 0.169 e. The standard InChI is InChI=1S/C22H32N6/c23-19-21(20-24)22-27(15-7-13-25-9-3-1-4-10-25)17-18-28(22)16-8-14-26-11-5-2-6-12-26/h1-3,5H,4,6-18H2. The average Bonchev–Trinajstić information content (AvgIpc) is 3.13. The van der Waals surface area contributed by atoms with E-state index >= 15 is 0 Å². The van der Waals surface area contributed by atoms with Crippen LogP contribution in [0.1, 0.15) is 25.7 Å². The lowest BCUT2D eigenvalue weighted by molar-refractivity contribution is 0.256. The lowest BCUT2D eigenvalue weighted by Crippen LogP contribution is -2.33. The Bertz CT molecular complexity index is 624. The molecule has 3 heterocycles. The van der Waals surface area contributed by atoms with E-state index in [1.807, 2.05) is 0 Å². The lowest BCUT2D eigenvalue weighted by atomic mass is 10.2. The van der Waals surface area contributed by atoms with Crippen LogP contribution in [0.15, 0.2) is 35.7 Å². The van der Waals surface area contributed by atoms with Gasteiger partial charge in [-0.25, -0.2) is 0 Å². The first-order chi connectivity index (χ1) is 13.8. The molecule has 0 aromatic heterocycles. The Labute approximate surface area is 169 Å². The minimum Gasteiger partial charge on any atom is -0.355 e. The van der Waals surface area contributed by atoms with Crippen molar-refractivity contribution in [3.05, 3.63) is 35.7 Å². The fourth-order valence-electron chi connectivity index (χ4n) is 4.29. The van der Waals surface area contributed by atoms with E-state index in [1.54, 1.807) is 0 Å². The molecule has 3 rings (SSSR count). The van der Waals surface area contributed by atoms with Gasteiger partial charge in [0.25, 0.3) is 0 Å². The smallest absolute Gasteiger partial charge is 0.169 e. The zero-order chi connectivity index (χ0) is 19.6. The molecule has 0 spiro atoms. The molecule has 0 unspecified atom stereocenters. The van der Waals surface area contributed by atoms with Crippen LogP contribution >= 0.6 is 0 Å². The second-order valence-corrected chi connectivity index (χ2v) is 7.72. The molecule has 0 atom stereocenters. The summed E-state index contributed by atoms with van der Waals surface area (Å²) in [7, 11) is 0. The van der Waals surface area contributed by atoms with Gasteiger partial charge in [-0.2, -0.15) is 10.5 Å². The Kier molecular flexibility index (Phi) is 7.96. The highest BCUT2D eigenvalue weighted by Gasteiger charge is 2.28. The predicted molar refractivity (Wildman–Crippen MR) is 111 cm³/mol. The molecule has 0 N–H and O–H groups in total. The maximum absolute atomic E-state index is 9.47. The molecule has 3 aliphatic rings. The van der Waals surface area contributed by atoms with Gasteiger partial charge in [0.2, 0.25) is 0 Å².